The number of hydrogen-bond acceptors (Lipinski definition) is 4. The lowest BCUT2D eigenvalue weighted by Gasteiger charge is -2.25. The molecule has 0 radical (unpaired) electrons. The number of carbonyl (C=O) groups excluding carboxylic acids is 1. The molecule has 1 aromatic rings. The van der Waals surface area contributed by atoms with Crippen molar-refractivity contribution in [3.05, 3.63) is 35.4 Å². The zero-order valence-corrected chi connectivity index (χ0v) is 15.1. The summed E-state index contributed by atoms with van der Waals surface area (Å²) in [6.07, 6.45) is 3.80. The second-order valence-electron chi connectivity index (χ2n) is 6.18. The maximum atomic E-state index is 12.7. The second kappa shape index (κ2) is 8.60. The number of nitrogens with zero attached hydrogens (tertiary/aromatic N) is 1. The first-order chi connectivity index (χ1) is 11.4. The fraction of sp³-hybridized carbons (Fsp3) is 0.588. The van der Waals surface area contributed by atoms with Gasteiger partial charge in [-0.25, -0.2) is 0 Å². The molecule has 0 spiro atoms. The summed E-state index contributed by atoms with van der Waals surface area (Å²) in [5, 5.41) is 0. The highest BCUT2D eigenvalue weighted by molar-refractivity contribution is 7.87. The maximum absolute atomic E-state index is 12.7. The van der Waals surface area contributed by atoms with Crippen LogP contribution in [-0.4, -0.2) is 38.9 Å². The van der Waals surface area contributed by atoms with Gasteiger partial charge in [0.2, 0.25) is 0 Å². The van der Waals surface area contributed by atoms with E-state index in [0.29, 0.717) is 13.1 Å². The zero-order valence-electron chi connectivity index (χ0n) is 14.3. The van der Waals surface area contributed by atoms with E-state index >= 15 is 0 Å². The van der Waals surface area contributed by atoms with E-state index in [0.717, 1.165) is 36.8 Å². The van der Waals surface area contributed by atoms with Crippen LogP contribution in [0.2, 0.25) is 0 Å². The number of benzene rings is 1. The smallest absolute Gasteiger partial charge is 0.307 e. The molecule has 1 atom stereocenters. The molecule has 134 valence electrons. The quantitative estimate of drug-likeness (QED) is 0.796. The molecule has 0 aliphatic carbocycles. The number of ether oxygens (including phenoxy) is 1. The predicted molar refractivity (Wildman–Crippen MR) is 92.6 cm³/mol. The molecular formula is C17H26N2O4S. The second-order valence-corrected chi connectivity index (χ2v) is 7.88. The number of nitrogens with one attached hydrogen (secondary N) is 1. The molecule has 1 aromatic carbocycles. The van der Waals surface area contributed by atoms with Crippen LogP contribution in [0, 0.1) is 6.92 Å². The molecule has 1 heterocycles. The Bertz CT molecular complexity index is 635. The molecule has 24 heavy (non-hydrogen) atoms. The van der Waals surface area contributed by atoms with E-state index in [1.54, 1.807) is 0 Å². The molecule has 1 fully saturated rings. The lowest BCUT2D eigenvalue weighted by Crippen LogP contribution is -2.43. The fourth-order valence-electron chi connectivity index (χ4n) is 2.81. The van der Waals surface area contributed by atoms with E-state index in [2.05, 4.69) is 4.72 Å². The van der Waals surface area contributed by atoms with Gasteiger partial charge in [-0.1, -0.05) is 42.7 Å². The summed E-state index contributed by atoms with van der Waals surface area (Å²) in [6.45, 7) is 3.00. The highest BCUT2D eigenvalue weighted by Crippen LogP contribution is 2.21. The van der Waals surface area contributed by atoms with Crippen LogP contribution in [0.5, 0.6) is 0 Å². The summed E-state index contributed by atoms with van der Waals surface area (Å²) in [5.41, 5.74) is 1.83. The number of esters is 1. The zero-order chi connectivity index (χ0) is 17.6. The standard InChI is InChI=1S/C17H26N2O4S/c1-14-7-9-15(10-8-14)16(13-17(20)23-2)18-24(21,22)19-11-5-3-4-6-12-19/h7-10,16,18H,3-6,11-13H2,1-2H3. The maximum Gasteiger partial charge on any atom is 0.307 e. The fourth-order valence-corrected chi connectivity index (χ4v) is 4.28. The lowest BCUT2D eigenvalue weighted by molar-refractivity contribution is -0.141. The normalized spacial score (nSPS) is 17.9. The third-order valence-electron chi connectivity index (χ3n) is 4.27. The third kappa shape index (κ3) is 5.29. The summed E-state index contributed by atoms with van der Waals surface area (Å²) in [7, 11) is -2.34. The van der Waals surface area contributed by atoms with E-state index in [-0.39, 0.29) is 6.42 Å². The Labute approximate surface area is 144 Å². The van der Waals surface area contributed by atoms with Gasteiger partial charge in [-0.15, -0.1) is 0 Å². The number of methoxy groups -OCH3 is 1. The van der Waals surface area contributed by atoms with Crippen LogP contribution in [0.25, 0.3) is 0 Å². The van der Waals surface area contributed by atoms with E-state index in [1.165, 1.54) is 11.4 Å². The lowest BCUT2D eigenvalue weighted by atomic mass is 10.0. The van der Waals surface area contributed by atoms with Crippen molar-refractivity contribution in [2.45, 2.75) is 45.1 Å². The Morgan fingerprint density at radius 3 is 2.29 bits per heavy atom. The van der Waals surface area contributed by atoms with E-state index in [1.807, 2.05) is 31.2 Å². The summed E-state index contributed by atoms with van der Waals surface area (Å²) in [6, 6.07) is 6.85. The molecule has 0 aromatic heterocycles. The predicted octanol–water partition coefficient (Wildman–Crippen LogP) is 2.31. The van der Waals surface area contributed by atoms with Crippen LogP contribution in [0.15, 0.2) is 24.3 Å². The Morgan fingerprint density at radius 2 is 1.75 bits per heavy atom. The first-order valence-electron chi connectivity index (χ1n) is 8.33. The van der Waals surface area contributed by atoms with E-state index in [4.69, 9.17) is 4.74 Å². The number of carbonyl (C=O) groups is 1. The van der Waals surface area contributed by atoms with Crippen molar-refractivity contribution in [3.63, 3.8) is 0 Å². The molecule has 6 nitrogen and oxygen atoms in total. The molecule has 0 bridgehead atoms. The molecule has 0 saturated carbocycles. The van der Waals surface area contributed by atoms with Gasteiger partial charge in [0.1, 0.15) is 0 Å². The highest BCUT2D eigenvalue weighted by atomic mass is 32.2. The van der Waals surface area contributed by atoms with Crippen molar-refractivity contribution >= 4 is 16.2 Å². The van der Waals surface area contributed by atoms with Crippen molar-refractivity contribution in [1.82, 2.24) is 9.03 Å². The SMILES string of the molecule is COC(=O)CC(NS(=O)(=O)N1CCCCCC1)c1ccc(C)cc1. The minimum Gasteiger partial charge on any atom is -0.469 e. The number of aryl methyl sites for hydroxylation is 1. The first kappa shape index (κ1) is 18.9. The van der Waals surface area contributed by atoms with E-state index in [9.17, 15) is 13.2 Å². The van der Waals surface area contributed by atoms with Gasteiger partial charge < -0.3 is 4.74 Å². The van der Waals surface area contributed by atoms with Gasteiger partial charge in [-0.05, 0) is 25.3 Å². The van der Waals surface area contributed by atoms with Crippen molar-refractivity contribution < 1.29 is 17.9 Å². The van der Waals surface area contributed by atoms with Gasteiger partial charge in [0.25, 0.3) is 10.2 Å². The first-order valence-corrected chi connectivity index (χ1v) is 9.77. The van der Waals surface area contributed by atoms with Crippen LogP contribution in [-0.2, 0) is 19.7 Å². The molecule has 0 amide bonds. The molecular weight excluding hydrogens is 328 g/mol. The Balaban J connectivity index is 2.19. The van der Waals surface area contributed by atoms with Crippen LogP contribution in [0.3, 0.4) is 0 Å². The third-order valence-corrected chi connectivity index (χ3v) is 5.90. The van der Waals surface area contributed by atoms with Crippen LogP contribution >= 0.6 is 0 Å². The molecule has 1 unspecified atom stereocenters. The monoisotopic (exact) mass is 354 g/mol. The van der Waals surface area contributed by atoms with Gasteiger partial charge in [0.15, 0.2) is 0 Å². The molecule has 1 aliphatic rings. The van der Waals surface area contributed by atoms with Crippen LogP contribution < -0.4 is 4.72 Å². The van der Waals surface area contributed by atoms with Gasteiger partial charge in [0.05, 0.1) is 19.6 Å². The highest BCUT2D eigenvalue weighted by Gasteiger charge is 2.28. The summed E-state index contributed by atoms with van der Waals surface area (Å²) >= 11 is 0. The summed E-state index contributed by atoms with van der Waals surface area (Å²) < 4.78 is 34.3. The Kier molecular flexibility index (Phi) is 6.77. The van der Waals surface area contributed by atoms with Crippen LogP contribution in [0.1, 0.15) is 49.3 Å². The van der Waals surface area contributed by atoms with E-state index < -0.39 is 22.2 Å². The van der Waals surface area contributed by atoms with Gasteiger partial charge >= 0.3 is 5.97 Å². The molecule has 1 aliphatic heterocycles. The number of hydrogen-bond donors (Lipinski definition) is 1. The summed E-state index contributed by atoms with van der Waals surface area (Å²) in [5.74, 6) is -0.445. The Morgan fingerprint density at radius 1 is 1.17 bits per heavy atom. The van der Waals surface area contributed by atoms with Crippen molar-refractivity contribution in [1.29, 1.82) is 0 Å². The van der Waals surface area contributed by atoms with Crippen LogP contribution in [0.4, 0.5) is 0 Å². The topological polar surface area (TPSA) is 75.7 Å². The number of rotatable bonds is 6. The van der Waals surface area contributed by atoms with Gasteiger partial charge in [-0.3, -0.25) is 4.79 Å². The van der Waals surface area contributed by atoms with Crippen molar-refractivity contribution in [2.75, 3.05) is 20.2 Å². The summed E-state index contributed by atoms with van der Waals surface area (Å²) in [4.78, 5) is 11.7. The minimum atomic E-state index is -3.64. The molecule has 2 rings (SSSR count). The average molecular weight is 354 g/mol. The minimum absolute atomic E-state index is 0.0351. The molecule has 1 saturated heterocycles. The van der Waals surface area contributed by atoms with Crippen molar-refractivity contribution in [2.24, 2.45) is 0 Å². The molecule has 7 heteroatoms. The van der Waals surface area contributed by atoms with Gasteiger partial charge in [0, 0.05) is 13.1 Å². The molecule has 1 N–H and O–H groups in total. The van der Waals surface area contributed by atoms with Gasteiger partial charge in [-0.2, -0.15) is 17.4 Å². The Hall–Kier alpha value is -1.44. The average Bonchev–Trinajstić information content (AvgIpc) is 2.84. The van der Waals surface area contributed by atoms with Crippen molar-refractivity contribution in [3.8, 4) is 0 Å². The largest absolute Gasteiger partial charge is 0.469 e.